The highest BCUT2D eigenvalue weighted by molar-refractivity contribution is 5.71. The molecule has 0 bridgehead atoms. The summed E-state index contributed by atoms with van der Waals surface area (Å²) in [6.07, 6.45) is -1.23. The number of ether oxygens (including phenoxy) is 6. The fourth-order valence-corrected chi connectivity index (χ4v) is 12.6. The van der Waals surface area contributed by atoms with Crippen LogP contribution in [0.1, 0.15) is 187 Å². The van der Waals surface area contributed by atoms with Gasteiger partial charge in [0.05, 0.1) is 39.6 Å². The van der Waals surface area contributed by atoms with E-state index in [1.807, 2.05) is 0 Å². The van der Waals surface area contributed by atoms with E-state index in [0.29, 0.717) is 0 Å². The summed E-state index contributed by atoms with van der Waals surface area (Å²) in [7, 11) is 2.97. The van der Waals surface area contributed by atoms with Gasteiger partial charge in [0.1, 0.15) is 91.6 Å². The van der Waals surface area contributed by atoms with E-state index in [-0.39, 0.29) is 55.0 Å². The number of carbonyl (C=O) groups is 5. The molecule has 129 heavy (non-hydrogen) atoms. The molecular weight excluding hydrogens is 1720 g/mol. The SMILES string of the molecule is CCC(=O)ONc1ccn([C@@H]2O[C@H](CO)[C@@H](O)[C@H]2O)c(=O)n1.CCCCCCCCC(=O)ONc1ccn([C@@H]2O[C@H](CO)[C@@H](O)[C@H]2O)c(=O)n1.CCCCCCCCC(=O)ONc1ccn([C@@H]2O[C@H](CO)[C@@H](O)[C@H]2O)c(=O)n1.CCCCCCCOC(=O)ONc1ccn([C@@H]2O[C@H](CO)[C@@H](O)[C@H]2O)c(=O)n1.CN(C)C(=O)ONc1ccn([C@@H]2O[C@H](CO)[C@@H](O)[C@H]2O)c(=O)n1. The molecule has 5 fully saturated rings. The zero-order valence-electron chi connectivity index (χ0n) is 71.9. The summed E-state index contributed by atoms with van der Waals surface area (Å²) in [5.41, 5.74) is 7.39. The second kappa shape index (κ2) is 55.5. The maximum Gasteiger partial charge on any atom is 0.533 e. The van der Waals surface area contributed by atoms with Gasteiger partial charge < -0.3 is 134 Å². The first-order valence-electron chi connectivity index (χ1n) is 41.9. The Balaban J connectivity index is 0.000000249. The van der Waals surface area contributed by atoms with Crippen molar-refractivity contribution in [3.63, 3.8) is 0 Å². The zero-order chi connectivity index (χ0) is 95.0. The Morgan fingerprint density at radius 2 is 0.566 bits per heavy atom. The quantitative estimate of drug-likeness (QED) is 0.00818. The van der Waals surface area contributed by atoms with Gasteiger partial charge in [0, 0.05) is 94.7 Å². The number of aromatic nitrogens is 10. The lowest BCUT2D eigenvalue weighted by atomic mass is 10.1. The van der Waals surface area contributed by atoms with Crippen molar-refractivity contribution in [2.45, 2.75) is 279 Å². The molecule has 5 aromatic rings. The Labute approximate surface area is 736 Å². The maximum atomic E-state index is 12.2. The molecule has 0 spiro atoms. The van der Waals surface area contributed by atoms with Crippen molar-refractivity contribution in [3.8, 4) is 0 Å². The van der Waals surface area contributed by atoms with Gasteiger partial charge >= 0.3 is 58.6 Å². The van der Waals surface area contributed by atoms with Gasteiger partial charge in [-0.15, -0.1) is 0 Å². The van der Waals surface area contributed by atoms with Crippen LogP contribution in [0.25, 0.3) is 0 Å². The number of carbonyl (C=O) groups excluding carboxylic acids is 5. The monoisotopic (exact) mass is 1840 g/mol. The Morgan fingerprint density at radius 3 is 0.798 bits per heavy atom. The number of nitrogens with one attached hydrogen (secondary N) is 5. The highest BCUT2D eigenvalue weighted by Crippen LogP contribution is 2.33. The van der Waals surface area contributed by atoms with Crippen molar-refractivity contribution in [1.29, 1.82) is 0 Å². The fraction of sp³-hybridized carbons (Fsp3) is 0.675. The van der Waals surface area contributed by atoms with Crippen LogP contribution in [0.4, 0.5) is 38.7 Å². The van der Waals surface area contributed by atoms with E-state index < -0.39 is 214 Å². The second-order valence-electron chi connectivity index (χ2n) is 29.9. The molecule has 20 atom stereocenters. The van der Waals surface area contributed by atoms with Crippen molar-refractivity contribution in [2.75, 3.05) is 81.1 Å². The van der Waals surface area contributed by atoms with Crippen LogP contribution in [0.3, 0.4) is 0 Å². The van der Waals surface area contributed by atoms with Gasteiger partial charge in [-0.05, 0) is 19.3 Å². The van der Waals surface area contributed by atoms with Gasteiger partial charge in [0.15, 0.2) is 60.2 Å². The van der Waals surface area contributed by atoms with E-state index in [0.717, 1.165) is 93.5 Å². The smallest absolute Gasteiger partial charge is 0.433 e. The lowest BCUT2D eigenvalue weighted by Gasteiger charge is -2.17. The zero-order valence-corrected chi connectivity index (χ0v) is 71.9. The summed E-state index contributed by atoms with van der Waals surface area (Å²) in [6.45, 7) is 5.76. The highest BCUT2D eigenvalue weighted by Gasteiger charge is 2.48. The molecule has 5 aliphatic rings. The van der Waals surface area contributed by atoms with E-state index in [1.54, 1.807) is 6.92 Å². The van der Waals surface area contributed by atoms with E-state index >= 15 is 0 Å². The van der Waals surface area contributed by atoms with Crippen LogP contribution in [-0.4, -0.2) is 305 Å². The molecule has 0 aromatic carbocycles. The molecule has 0 aliphatic carbocycles. The minimum atomic E-state index is -1.40. The van der Waals surface area contributed by atoms with E-state index in [9.17, 15) is 99.0 Å². The van der Waals surface area contributed by atoms with E-state index in [1.165, 1.54) is 119 Å². The molecule has 10 rings (SSSR count). The largest absolute Gasteiger partial charge is 0.533 e. The molecule has 5 aromatic heterocycles. The summed E-state index contributed by atoms with van der Waals surface area (Å²) < 4.78 is 36.1. The molecule has 52 heteroatoms. The number of amides is 1. The molecule has 52 nitrogen and oxygen atoms in total. The third-order valence-electron chi connectivity index (χ3n) is 20.0. The Bertz CT molecular complexity index is 4280. The van der Waals surface area contributed by atoms with Crippen LogP contribution in [0.2, 0.25) is 0 Å². The Kier molecular flexibility index (Phi) is 46.2. The normalized spacial score (nSPS) is 25.3. The number of aliphatic hydroxyl groups is 15. The Morgan fingerprint density at radius 1 is 0.333 bits per heavy atom. The van der Waals surface area contributed by atoms with Crippen LogP contribution >= 0.6 is 0 Å². The van der Waals surface area contributed by atoms with Gasteiger partial charge in [0.25, 0.3) is 0 Å². The lowest BCUT2D eigenvalue weighted by Crippen LogP contribution is -2.36. The number of hydrogen-bond donors (Lipinski definition) is 20. The van der Waals surface area contributed by atoms with Gasteiger partial charge in [0.2, 0.25) is 0 Å². The van der Waals surface area contributed by atoms with E-state index in [2.05, 4.69) is 87.6 Å². The van der Waals surface area contributed by atoms with Crippen LogP contribution in [0.5, 0.6) is 0 Å². The minimum Gasteiger partial charge on any atom is -0.433 e. The molecular formula is C77H120N16O36. The first-order valence-corrected chi connectivity index (χ1v) is 41.9. The number of unbranched alkanes of at least 4 members (excludes halogenated alkanes) is 14. The number of nitrogens with zero attached hydrogens (tertiary/aromatic N) is 11. The number of anilines is 5. The van der Waals surface area contributed by atoms with Crippen molar-refractivity contribution in [1.82, 2.24) is 52.7 Å². The summed E-state index contributed by atoms with van der Waals surface area (Å²) >= 11 is 0. The molecule has 5 aliphatic heterocycles. The first-order chi connectivity index (χ1) is 61.7. The molecule has 0 saturated carbocycles. The molecule has 20 N–H and O–H groups in total. The number of aliphatic hydroxyl groups excluding tert-OH is 15. The molecule has 724 valence electrons. The Hall–Kier alpha value is -10.4. The topological polar surface area (TPSA) is 728 Å². The minimum absolute atomic E-state index is 0.00907. The second-order valence-corrected chi connectivity index (χ2v) is 29.9. The summed E-state index contributed by atoms with van der Waals surface area (Å²) in [5.74, 6) is -1.39. The van der Waals surface area contributed by atoms with Crippen LogP contribution < -0.4 is 55.8 Å². The lowest BCUT2D eigenvalue weighted by molar-refractivity contribution is -0.141. The van der Waals surface area contributed by atoms with Crippen molar-refractivity contribution in [2.24, 2.45) is 0 Å². The summed E-state index contributed by atoms with van der Waals surface area (Å²) in [6, 6.07) is 6.70. The molecule has 5 saturated heterocycles. The van der Waals surface area contributed by atoms with Crippen molar-refractivity contribution in [3.05, 3.63) is 114 Å². The molecule has 0 radical (unpaired) electrons. The molecule has 1 amide bonds. The van der Waals surface area contributed by atoms with Crippen LogP contribution in [-0.2, 0) is 67.0 Å². The maximum absolute atomic E-state index is 12.2. The highest BCUT2D eigenvalue weighted by atomic mass is 16.8. The number of rotatable bonds is 41. The van der Waals surface area contributed by atoms with Crippen LogP contribution in [0, 0.1) is 0 Å². The van der Waals surface area contributed by atoms with Crippen molar-refractivity contribution < 1.29 is 153 Å². The average Bonchev–Trinajstić information content (AvgIpc) is 1.69. The summed E-state index contributed by atoms with van der Waals surface area (Å²) in [5, 5.41) is 144. The van der Waals surface area contributed by atoms with Gasteiger partial charge in [-0.25, -0.2) is 64.4 Å². The van der Waals surface area contributed by atoms with Gasteiger partial charge in [-0.2, -0.15) is 35.9 Å². The fourth-order valence-electron chi connectivity index (χ4n) is 12.6. The predicted molar refractivity (Wildman–Crippen MR) is 442 cm³/mol. The molecule has 10 heterocycles. The number of hydrogen-bond acceptors (Lipinski definition) is 46. The molecule has 0 unspecified atom stereocenters. The van der Waals surface area contributed by atoms with Gasteiger partial charge in [-0.3, -0.25) is 22.8 Å². The van der Waals surface area contributed by atoms with Crippen LogP contribution in [0.15, 0.2) is 85.3 Å². The average molecular weight is 1850 g/mol. The third kappa shape index (κ3) is 32.6. The standard InChI is InChI=1S/2C18H29N3O7.C17H27N3O8.C12H18N4O7.C12H17N3O7/c2*1-2-3-4-5-6-7-8-14(23)28-20-13-9-10-21(18(26)19-13)17-16(25)15(24)12(11-22)27-17;1-2-3-4-5-6-9-26-17(25)28-19-12-7-8-20(16(24)18-12)15-14(23)13(22)11(10-21)27-15;1-15(2)12(21)23-14-7-3-4-16(11(20)13-7)10-9(19)8(18)6(5-17)22-10;1-2-8(17)22-14-7-3-4-15(12(20)13-7)11-10(19)9(18)6(5-16)21-11/h2*9-10,12,15-17,22,24-25H,2-8,11H2,1H3,(H,19,20,26);7-8,11,13-15,21-23H,2-6,9-10H2,1H3,(H,18,19,24);3-4,6,8-10,17-19H,5H2,1-2H3,(H,13,14,20);3-4,6,9-11,16,18-19H,2,5H2,1H3,(H,13,14,20)/t2*12-,15-,16-,17-;11-,13-,14-,15-;6-,8-,9-,10-;6-,9-,10-,11-/m11111/s1. The summed E-state index contributed by atoms with van der Waals surface area (Å²) in [4.78, 5) is 161. The predicted octanol–water partition coefficient (Wildman–Crippen LogP) is -2.73. The van der Waals surface area contributed by atoms with E-state index in [4.69, 9.17) is 63.6 Å². The first kappa shape index (κ1) is 107. The van der Waals surface area contributed by atoms with Gasteiger partial charge in [-0.1, -0.05) is 118 Å². The third-order valence-corrected chi connectivity index (χ3v) is 20.0. The van der Waals surface area contributed by atoms with Crippen molar-refractivity contribution >= 4 is 59.2 Å².